The summed E-state index contributed by atoms with van der Waals surface area (Å²) in [6, 6.07) is 0. The highest BCUT2D eigenvalue weighted by Crippen LogP contribution is 2.68. The number of phosphoric acid groups is 1. The highest BCUT2D eigenvalue weighted by Gasteiger charge is 2.61. The fourth-order valence-electron chi connectivity index (χ4n) is 1.13. The third kappa shape index (κ3) is 0.417. The predicted molar refractivity (Wildman–Crippen MR) is 27.6 cm³/mol. The maximum Gasteiger partial charge on any atom is 0.534 e. The Labute approximate surface area is 56.1 Å². The number of hydrogen-bond donors (Lipinski definition) is 0. The minimum Gasteiger partial charge on any atom is -0.465 e. The van der Waals surface area contributed by atoms with Crippen LogP contribution in [0.25, 0.3) is 0 Å². The first-order chi connectivity index (χ1) is 4.77. The molecule has 0 spiro atoms. The molecule has 54 valence electrons. The van der Waals surface area contributed by atoms with Crippen LogP contribution in [0.15, 0.2) is 12.0 Å². The third-order valence-corrected chi connectivity index (χ3v) is 2.92. The Morgan fingerprint density at radius 2 is 2.40 bits per heavy atom. The smallest absolute Gasteiger partial charge is 0.465 e. The van der Waals surface area contributed by atoms with Crippen LogP contribution in [0.3, 0.4) is 0 Å². The van der Waals surface area contributed by atoms with Crippen molar-refractivity contribution < 1.29 is 22.9 Å². The first-order valence-corrected chi connectivity index (χ1v) is 4.25. The van der Waals surface area contributed by atoms with E-state index < -0.39 is 14.1 Å². The van der Waals surface area contributed by atoms with Crippen molar-refractivity contribution in [3.63, 3.8) is 0 Å². The van der Waals surface area contributed by atoms with Gasteiger partial charge in [-0.25, -0.2) is 9.09 Å². The lowest BCUT2D eigenvalue weighted by molar-refractivity contribution is -0.0276. The van der Waals surface area contributed by atoms with Crippen LogP contribution in [-0.2, 0) is 22.9 Å². The summed E-state index contributed by atoms with van der Waals surface area (Å²) < 4.78 is 30.4. The standard InChI is InChI=1S/C4H3O5P/c5-10-7-2-1-6-4(9-10)3(2)8-10/h1,3-4H. The van der Waals surface area contributed by atoms with Crippen molar-refractivity contribution in [2.24, 2.45) is 0 Å². The van der Waals surface area contributed by atoms with Gasteiger partial charge in [-0.2, -0.15) is 0 Å². The minimum atomic E-state index is -3.22. The molecule has 2 saturated heterocycles. The fourth-order valence-corrected chi connectivity index (χ4v) is 2.56. The molecular weight excluding hydrogens is 159 g/mol. The SMILES string of the molecule is O=P12OC3=COC(O1)C3O2. The van der Waals surface area contributed by atoms with Crippen molar-refractivity contribution in [2.75, 3.05) is 0 Å². The summed E-state index contributed by atoms with van der Waals surface area (Å²) in [5.41, 5.74) is 0. The lowest BCUT2D eigenvalue weighted by atomic mass is 10.3. The molecule has 3 rings (SSSR count). The molecule has 0 N–H and O–H groups in total. The third-order valence-electron chi connectivity index (χ3n) is 1.54. The van der Waals surface area contributed by atoms with Crippen LogP contribution in [0.1, 0.15) is 0 Å². The quantitative estimate of drug-likeness (QED) is 0.491. The molecule has 3 aliphatic heterocycles. The van der Waals surface area contributed by atoms with E-state index in [-0.39, 0.29) is 6.10 Å². The van der Waals surface area contributed by atoms with Crippen molar-refractivity contribution in [3.05, 3.63) is 12.0 Å². The van der Waals surface area contributed by atoms with Gasteiger partial charge in [0.05, 0.1) is 0 Å². The van der Waals surface area contributed by atoms with Gasteiger partial charge >= 0.3 is 7.82 Å². The van der Waals surface area contributed by atoms with Crippen molar-refractivity contribution in [1.29, 1.82) is 0 Å². The van der Waals surface area contributed by atoms with Gasteiger partial charge in [0.25, 0.3) is 0 Å². The van der Waals surface area contributed by atoms with Crippen LogP contribution in [0.5, 0.6) is 0 Å². The van der Waals surface area contributed by atoms with Crippen LogP contribution in [0.4, 0.5) is 0 Å². The van der Waals surface area contributed by atoms with Crippen LogP contribution in [-0.4, -0.2) is 12.4 Å². The van der Waals surface area contributed by atoms with E-state index in [0.717, 1.165) is 0 Å². The number of rotatable bonds is 0. The van der Waals surface area contributed by atoms with Gasteiger partial charge in [0.2, 0.25) is 6.29 Å². The normalized spacial score (nSPS) is 54.2. The molecule has 6 heteroatoms. The summed E-state index contributed by atoms with van der Waals surface area (Å²) in [6.07, 6.45) is 0.461. The first-order valence-electron chi connectivity index (χ1n) is 2.79. The number of fused-ring (bicyclic) bond motifs is 1. The van der Waals surface area contributed by atoms with Gasteiger partial charge in [-0.3, -0.25) is 4.52 Å². The molecule has 0 aromatic carbocycles. The zero-order chi connectivity index (χ0) is 6.77. The van der Waals surface area contributed by atoms with Gasteiger partial charge < -0.3 is 9.26 Å². The van der Waals surface area contributed by atoms with Crippen molar-refractivity contribution >= 4 is 7.82 Å². The van der Waals surface area contributed by atoms with Crippen LogP contribution >= 0.6 is 7.82 Å². The van der Waals surface area contributed by atoms with Crippen LogP contribution in [0.2, 0.25) is 0 Å². The molecule has 0 radical (unpaired) electrons. The maximum absolute atomic E-state index is 11.1. The topological polar surface area (TPSA) is 54.0 Å². The number of phosphoric ester groups is 1. The molecule has 0 amide bonds. The Morgan fingerprint density at radius 1 is 1.50 bits per heavy atom. The lowest BCUT2D eigenvalue weighted by Crippen LogP contribution is -2.20. The molecule has 0 saturated carbocycles. The Kier molecular flexibility index (Phi) is 0.650. The molecule has 3 heterocycles. The average molecular weight is 162 g/mol. The van der Waals surface area contributed by atoms with E-state index in [0.29, 0.717) is 5.76 Å². The lowest BCUT2D eigenvalue weighted by Gasteiger charge is -2.09. The second-order valence-electron chi connectivity index (χ2n) is 2.19. The van der Waals surface area contributed by atoms with Gasteiger partial charge in [0.15, 0.2) is 11.9 Å². The predicted octanol–water partition coefficient (Wildman–Crippen LogP) is 0.738. The second-order valence-corrected chi connectivity index (χ2v) is 3.69. The zero-order valence-corrected chi connectivity index (χ0v) is 5.61. The van der Waals surface area contributed by atoms with Crippen LogP contribution < -0.4 is 0 Å². The Balaban J connectivity index is 2.19. The summed E-state index contributed by atoms with van der Waals surface area (Å²) >= 11 is 0. The summed E-state index contributed by atoms with van der Waals surface area (Å²) in [4.78, 5) is 0. The average Bonchev–Trinajstić information content (AvgIpc) is 2.35. The fraction of sp³-hybridized carbons (Fsp3) is 0.500. The van der Waals surface area contributed by atoms with Gasteiger partial charge in [-0.1, -0.05) is 0 Å². The summed E-state index contributed by atoms with van der Waals surface area (Å²) in [5, 5.41) is 0. The molecule has 3 atom stereocenters. The van der Waals surface area contributed by atoms with E-state index in [9.17, 15) is 4.57 Å². The Morgan fingerprint density at radius 3 is 3.00 bits per heavy atom. The summed E-state index contributed by atoms with van der Waals surface area (Å²) in [7, 11) is -3.22. The van der Waals surface area contributed by atoms with E-state index in [2.05, 4.69) is 0 Å². The number of hydrogen-bond acceptors (Lipinski definition) is 5. The van der Waals surface area contributed by atoms with Gasteiger partial charge in [-0.15, -0.1) is 0 Å². The molecule has 10 heavy (non-hydrogen) atoms. The number of ether oxygens (including phenoxy) is 1. The van der Waals surface area contributed by atoms with Crippen molar-refractivity contribution in [2.45, 2.75) is 12.4 Å². The van der Waals surface area contributed by atoms with E-state index in [4.69, 9.17) is 18.3 Å². The van der Waals surface area contributed by atoms with Gasteiger partial charge in [-0.05, 0) is 0 Å². The largest absolute Gasteiger partial charge is 0.534 e. The molecule has 2 fully saturated rings. The van der Waals surface area contributed by atoms with Gasteiger partial charge in [0.1, 0.15) is 6.26 Å². The van der Waals surface area contributed by atoms with Crippen molar-refractivity contribution in [3.8, 4) is 0 Å². The molecule has 0 aromatic rings. The Bertz CT molecular complexity index is 271. The second kappa shape index (κ2) is 1.25. The van der Waals surface area contributed by atoms with Crippen LogP contribution in [0, 0.1) is 0 Å². The first kappa shape index (κ1) is 5.18. The van der Waals surface area contributed by atoms with E-state index in [1.54, 1.807) is 0 Å². The summed E-state index contributed by atoms with van der Waals surface area (Å²) in [5.74, 6) is 0.486. The highest BCUT2D eigenvalue weighted by molar-refractivity contribution is 7.49. The molecular formula is C4H3O5P. The molecule has 0 aromatic heterocycles. The molecule has 5 nitrogen and oxygen atoms in total. The highest BCUT2D eigenvalue weighted by atomic mass is 31.2. The van der Waals surface area contributed by atoms with Gasteiger partial charge in [0, 0.05) is 0 Å². The van der Waals surface area contributed by atoms with E-state index in [1.807, 2.05) is 0 Å². The minimum absolute atomic E-state index is 0.383. The van der Waals surface area contributed by atoms with E-state index in [1.165, 1.54) is 6.26 Å². The zero-order valence-electron chi connectivity index (χ0n) is 4.72. The monoisotopic (exact) mass is 162 g/mol. The van der Waals surface area contributed by atoms with Crippen molar-refractivity contribution in [1.82, 2.24) is 0 Å². The Hall–Kier alpha value is -0.510. The maximum atomic E-state index is 11.1. The molecule has 3 aliphatic rings. The van der Waals surface area contributed by atoms with E-state index >= 15 is 0 Å². The molecule has 3 unspecified atom stereocenters. The molecule has 0 aliphatic carbocycles. The summed E-state index contributed by atoms with van der Waals surface area (Å²) in [6.45, 7) is 0. The molecule has 2 bridgehead atoms.